The first-order valence-corrected chi connectivity index (χ1v) is 5.73. The number of thiazole rings is 1. The van der Waals surface area contributed by atoms with Crippen molar-refractivity contribution in [3.63, 3.8) is 0 Å². The second kappa shape index (κ2) is 4.63. The fourth-order valence-corrected chi connectivity index (χ4v) is 2.12. The molecule has 2 rings (SSSR count). The summed E-state index contributed by atoms with van der Waals surface area (Å²) in [4.78, 5) is 15.0. The van der Waals surface area contributed by atoms with Crippen LogP contribution in [-0.2, 0) is 0 Å². The molecule has 0 radical (unpaired) electrons. The monoisotopic (exact) mass is 257 g/mol. The normalized spacial score (nSPS) is 10.4. The van der Waals surface area contributed by atoms with Crippen LogP contribution >= 0.6 is 22.9 Å². The first-order chi connectivity index (χ1) is 7.74. The smallest absolute Gasteiger partial charge is 0.212 e. The number of carbonyl (C=O) groups excluding carboxylic acids is 1. The van der Waals surface area contributed by atoms with Gasteiger partial charge in [-0.3, -0.25) is 4.79 Å². The van der Waals surface area contributed by atoms with Crippen molar-refractivity contribution in [2.45, 2.75) is 6.92 Å². The molecule has 0 fully saturated rings. The predicted octanol–water partition coefficient (Wildman–Crippen LogP) is 2.19. The molecule has 0 aliphatic carbocycles. The van der Waals surface area contributed by atoms with Crippen LogP contribution in [0.1, 0.15) is 16.6 Å². The molecule has 0 amide bonds. The Bertz CT molecular complexity index is 509. The molecule has 0 aliphatic heterocycles. The van der Waals surface area contributed by atoms with Crippen LogP contribution in [0, 0.1) is 0 Å². The molecule has 0 N–H and O–H groups in total. The summed E-state index contributed by atoms with van der Waals surface area (Å²) in [7, 11) is 0. The average molecular weight is 258 g/mol. The molecule has 2 aromatic heterocycles. The molecule has 0 aliphatic rings. The zero-order valence-electron chi connectivity index (χ0n) is 8.38. The zero-order chi connectivity index (χ0) is 11.5. The van der Waals surface area contributed by atoms with Crippen LogP contribution in [0.2, 0.25) is 5.15 Å². The van der Waals surface area contributed by atoms with E-state index >= 15 is 0 Å². The number of ether oxygens (including phenoxy) is 1. The Balaban J connectivity index is 2.31. The van der Waals surface area contributed by atoms with Crippen molar-refractivity contribution in [1.29, 1.82) is 0 Å². The maximum atomic E-state index is 10.6. The second-order valence-corrected chi connectivity index (χ2v) is 4.19. The number of halogens is 1. The highest BCUT2D eigenvalue weighted by atomic mass is 35.5. The molecule has 0 atom stereocenters. The Kier molecular flexibility index (Phi) is 3.21. The third kappa shape index (κ3) is 2.07. The number of nitrogens with zero attached hydrogens (tertiary/aromatic N) is 3. The lowest BCUT2D eigenvalue weighted by atomic mass is 10.6. The third-order valence-corrected chi connectivity index (χ3v) is 3.14. The van der Waals surface area contributed by atoms with Gasteiger partial charge in [0.15, 0.2) is 17.2 Å². The minimum absolute atomic E-state index is 0.198. The van der Waals surface area contributed by atoms with E-state index in [1.54, 1.807) is 12.4 Å². The van der Waals surface area contributed by atoms with Crippen LogP contribution in [0.15, 0.2) is 12.4 Å². The molecule has 0 saturated carbocycles. The predicted molar refractivity (Wildman–Crippen MR) is 60.8 cm³/mol. The van der Waals surface area contributed by atoms with E-state index < -0.39 is 0 Å². The molecular formula is C9H8ClN3O2S. The Morgan fingerprint density at radius 3 is 3.12 bits per heavy atom. The standard InChI is InChI=1S/C9H8ClN3O2S/c1-2-15-6-3-11-13(4-6)9-12-8(10)7(5-14)16-9/h3-5H,2H2,1H3. The van der Waals surface area contributed by atoms with Gasteiger partial charge in [0.2, 0.25) is 5.13 Å². The summed E-state index contributed by atoms with van der Waals surface area (Å²) in [6.45, 7) is 2.46. The average Bonchev–Trinajstić information content (AvgIpc) is 2.85. The van der Waals surface area contributed by atoms with Crippen molar-refractivity contribution in [2.24, 2.45) is 0 Å². The van der Waals surface area contributed by atoms with E-state index in [4.69, 9.17) is 16.3 Å². The Morgan fingerprint density at radius 2 is 2.50 bits per heavy atom. The molecule has 2 aromatic rings. The number of aromatic nitrogens is 3. The van der Waals surface area contributed by atoms with Gasteiger partial charge in [0.1, 0.15) is 4.88 Å². The highest BCUT2D eigenvalue weighted by molar-refractivity contribution is 7.16. The fourth-order valence-electron chi connectivity index (χ4n) is 1.13. The zero-order valence-corrected chi connectivity index (χ0v) is 9.96. The summed E-state index contributed by atoms with van der Waals surface area (Å²) in [5, 5.41) is 4.80. The van der Waals surface area contributed by atoms with Crippen LogP contribution in [0.5, 0.6) is 5.75 Å². The van der Waals surface area contributed by atoms with Crippen molar-refractivity contribution in [3.05, 3.63) is 22.4 Å². The quantitative estimate of drug-likeness (QED) is 0.788. The first-order valence-electron chi connectivity index (χ1n) is 4.54. The van der Waals surface area contributed by atoms with Gasteiger partial charge < -0.3 is 4.74 Å². The maximum Gasteiger partial charge on any atom is 0.212 e. The minimum atomic E-state index is 0.198. The van der Waals surface area contributed by atoms with Gasteiger partial charge in [-0.25, -0.2) is 9.67 Å². The van der Waals surface area contributed by atoms with Crippen LogP contribution in [-0.4, -0.2) is 27.7 Å². The number of aldehydes is 1. The van der Waals surface area contributed by atoms with Gasteiger partial charge in [-0.2, -0.15) is 5.10 Å². The largest absolute Gasteiger partial charge is 0.491 e. The SMILES string of the molecule is CCOc1cnn(-c2nc(Cl)c(C=O)s2)c1. The summed E-state index contributed by atoms with van der Waals surface area (Å²) in [5.41, 5.74) is 0. The number of carbonyl (C=O) groups is 1. The van der Waals surface area contributed by atoms with E-state index in [0.29, 0.717) is 28.7 Å². The lowest BCUT2D eigenvalue weighted by Gasteiger charge is -1.95. The Hall–Kier alpha value is -1.40. The third-order valence-electron chi connectivity index (χ3n) is 1.77. The van der Waals surface area contributed by atoms with Crippen molar-refractivity contribution in [1.82, 2.24) is 14.8 Å². The molecule has 0 spiro atoms. The molecule has 0 unspecified atom stereocenters. The fraction of sp³-hybridized carbons (Fsp3) is 0.222. The molecule has 16 heavy (non-hydrogen) atoms. The van der Waals surface area contributed by atoms with Crippen LogP contribution in [0.4, 0.5) is 0 Å². The summed E-state index contributed by atoms with van der Waals surface area (Å²) in [5.74, 6) is 0.654. The molecular weight excluding hydrogens is 250 g/mol. The lowest BCUT2D eigenvalue weighted by Crippen LogP contribution is -1.92. The van der Waals surface area contributed by atoms with Gasteiger partial charge in [-0.1, -0.05) is 22.9 Å². The molecule has 5 nitrogen and oxygen atoms in total. The molecule has 2 heterocycles. The van der Waals surface area contributed by atoms with Crippen LogP contribution < -0.4 is 4.74 Å². The Morgan fingerprint density at radius 1 is 1.69 bits per heavy atom. The van der Waals surface area contributed by atoms with Gasteiger partial charge in [0, 0.05) is 0 Å². The second-order valence-electron chi connectivity index (χ2n) is 2.82. The highest BCUT2D eigenvalue weighted by Gasteiger charge is 2.11. The van der Waals surface area contributed by atoms with Crippen LogP contribution in [0.25, 0.3) is 5.13 Å². The van der Waals surface area contributed by atoms with Crippen molar-refractivity contribution < 1.29 is 9.53 Å². The first kappa shape index (κ1) is 11.1. The van der Waals surface area contributed by atoms with E-state index in [-0.39, 0.29) is 5.15 Å². The van der Waals surface area contributed by atoms with Gasteiger partial charge in [-0.15, -0.1) is 0 Å². The summed E-state index contributed by atoms with van der Waals surface area (Å²) < 4.78 is 6.78. The van der Waals surface area contributed by atoms with E-state index in [2.05, 4.69) is 10.1 Å². The van der Waals surface area contributed by atoms with E-state index in [0.717, 1.165) is 0 Å². The maximum absolute atomic E-state index is 10.6. The topological polar surface area (TPSA) is 57.0 Å². The lowest BCUT2D eigenvalue weighted by molar-refractivity contribution is 0.112. The molecule has 0 bridgehead atoms. The van der Waals surface area contributed by atoms with Gasteiger partial charge in [-0.05, 0) is 6.92 Å². The minimum Gasteiger partial charge on any atom is -0.491 e. The van der Waals surface area contributed by atoms with Crippen molar-refractivity contribution >= 4 is 29.2 Å². The van der Waals surface area contributed by atoms with Gasteiger partial charge >= 0.3 is 0 Å². The molecule has 0 aromatic carbocycles. The van der Waals surface area contributed by atoms with E-state index in [9.17, 15) is 4.79 Å². The van der Waals surface area contributed by atoms with E-state index in [1.807, 2.05) is 6.92 Å². The Labute approximate surface area is 101 Å². The van der Waals surface area contributed by atoms with Gasteiger partial charge in [0.05, 0.1) is 19.0 Å². The van der Waals surface area contributed by atoms with Crippen molar-refractivity contribution in [2.75, 3.05) is 6.61 Å². The summed E-state index contributed by atoms with van der Waals surface area (Å²) >= 11 is 6.94. The summed E-state index contributed by atoms with van der Waals surface area (Å²) in [6, 6.07) is 0. The summed E-state index contributed by atoms with van der Waals surface area (Å²) in [6.07, 6.45) is 3.95. The number of hydrogen-bond acceptors (Lipinski definition) is 5. The van der Waals surface area contributed by atoms with Gasteiger partial charge in [0.25, 0.3) is 0 Å². The number of rotatable bonds is 4. The highest BCUT2D eigenvalue weighted by Crippen LogP contribution is 2.24. The van der Waals surface area contributed by atoms with Crippen LogP contribution in [0.3, 0.4) is 0 Å². The number of hydrogen-bond donors (Lipinski definition) is 0. The molecule has 0 saturated heterocycles. The molecule has 84 valence electrons. The van der Waals surface area contributed by atoms with Crippen molar-refractivity contribution in [3.8, 4) is 10.9 Å². The molecule has 7 heteroatoms. The van der Waals surface area contributed by atoms with E-state index in [1.165, 1.54) is 16.0 Å².